The van der Waals surface area contributed by atoms with Crippen LogP contribution in [-0.4, -0.2) is 65.3 Å². The lowest BCUT2D eigenvalue weighted by Crippen LogP contribution is -2.55. The average molecular weight is 452 g/mol. The standard InChI is InChI=1S/C25H30N4O4/c1-3-28(4-2)24(32)19-10-8-18(9-11-19)21-20-7-5-6-14-29(20)22(26-21)23(31)27-25(17-30)12-15-33-16-13-25/h5-11,14,30H,3-4,12-13,15-17H2,1-2H3,(H,27,31)/p+1. The second-order valence-electron chi connectivity index (χ2n) is 8.36. The third-order valence-corrected chi connectivity index (χ3v) is 6.42. The minimum absolute atomic E-state index is 0.00287. The Morgan fingerprint density at radius 2 is 1.82 bits per heavy atom. The summed E-state index contributed by atoms with van der Waals surface area (Å²) in [4.78, 5) is 31.0. The Kier molecular flexibility index (Phi) is 6.76. The molecule has 1 aliphatic heterocycles. The minimum atomic E-state index is -0.686. The van der Waals surface area contributed by atoms with Gasteiger partial charge in [0.25, 0.3) is 5.91 Å². The van der Waals surface area contributed by atoms with E-state index in [0.717, 1.165) is 16.8 Å². The second-order valence-corrected chi connectivity index (χ2v) is 8.36. The van der Waals surface area contributed by atoms with Crippen molar-refractivity contribution in [2.24, 2.45) is 0 Å². The molecule has 0 unspecified atom stereocenters. The first-order valence-corrected chi connectivity index (χ1v) is 11.4. The molecule has 1 aliphatic rings. The predicted octanol–water partition coefficient (Wildman–Crippen LogP) is 2.17. The highest BCUT2D eigenvalue weighted by atomic mass is 16.5. The third-order valence-electron chi connectivity index (χ3n) is 6.42. The molecule has 3 heterocycles. The molecule has 0 aliphatic carbocycles. The van der Waals surface area contributed by atoms with Gasteiger partial charge >= 0.3 is 11.7 Å². The van der Waals surface area contributed by atoms with Gasteiger partial charge in [-0.2, -0.15) is 4.40 Å². The van der Waals surface area contributed by atoms with E-state index in [-0.39, 0.29) is 18.4 Å². The highest BCUT2D eigenvalue weighted by molar-refractivity contribution is 5.95. The van der Waals surface area contributed by atoms with Crippen LogP contribution < -0.4 is 9.72 Å². The van der Waals surface area contributed by atoms with E-state index >= 15 is 0 Å². The van der Waals surface area contributed by atoms with Crippen LogP contribution in [0.15, 0.2) is 48.7 Å². The van der Waals surface area contributed by atoms with Crippen molar-refractivity contribution in [3.63, 3.8) is 0 Å². The molecule has 0 saturated carbocycles. The van der Waals surface area contributed by atoms with Crippen LogP contribution in [0.3, 0.4) is 0 Å². The van der Waals surface area contributed by atoms with Crippen molar-refractivity contribution in [1.29, 1.82) is 0 Å². The first kappa shape index (κ1) is 22.9. The van der Waals surface area contributed by atoms with Crippen molar-refractivity contribution in [1.82, 2.24) is 15.2 Å². The number of rotatable bonds is 7. The molecule has 3 N–H and O–H groups in total. The molecular weight excluding hydrogens is 420 g/mol. The fourth-order valence-electron chi connectivity index (χ4n) is 4.33. The lowest BCUT2D eigenvalue weighted by Gasteiger charge is -2.35. The maximum absolute atomic E-state index is 13.3. The van der Waals surface area contributed by atoms with E-state index in [9.17, 15) is 14.7 Å². The number of pyridine rings is 1. The molecule has 8 heteroatoms. The zero-order valence-electron chi connectivity index (χ0n) is 19.1. The smallest absolute Gasteiger partial charge is 0.351 e. The van der Waals surface area contributed by atoms with Crippen LogP contribution in [-0.2, 0) is 4.74 Å². The number of aliphatic hydroxyl groups is 1. The molecule has 8 nitrogen and oxygen atoms in total. The monoisotopic (exact) mass is 451 g/mol. The number of carbonyl (C=O) groups excluding carboxylic acids is 2. The van der Waals surface area contributed by atoms with Crippen LogP contribution in [0.5, 0.6) is 0 Å². The van der Waals surface area contributed by atoms with Gasteiger partial charge in [-0.05, 0) is 63.1 Å². The van der Waals surface area contributed by atoms with Gasteiger partial charge in [-0.3, -0.25) is 9.59 Å². The van der Waals surface area contributed by atoms with E-state index in [0.29, 0.717) is 50.5 Å². The molecular formula is C25H31N4O4+. The Morgan fingerprint density at radius 1 is 1.12 bits per heavy atom. The van der Waals surface area contributed by atoms with E-state index in [4.69, 9.17) is 4.74 Å². The molecule has 0 radical (unpaired) electrons. The topological polar surface area (TPSA) is 98.8 Å². The summed E-state index contributed by atoms with van der Waals surface area (Å²) < 4.78 is 7.21. The molecule has 3 aromatic rings. The van der Waals surface area contributed by atoms with Gasteiger partial charge in [-0.25, -0.2) is 4.98 Å². The number of nitrogens with one attached hydrogen (secondary N) is 2. The molecule has 33 heavy (non-hydrogen) atoms. The first-order chi connectivity index (χ1) is 16.0. The molecule has 1 fully saturated rings. The molecule has 0 spiro atoms. The van der Waals surface area contributed by atoms with Gasteiger partial charge in [0.1, 0.15) is 0 Å². The zero-order chi connectivity index (χ0) is 23.4. The molecule has 2 aromatic heterocycles. The van der Waals surface area contributed by atoms with Gasteiger partial charge in [0.2, 0.25) is 0 Å². The number of imidazole rings is 1. The zero-order valence-corrected chi connectivity index (χ0v) is 19.1. The number of hydrogen-bond donors (Lipinski definition) is 3. The lowest BCUT2D eigenvalue weighted by atomic mass is 9.91. The van der Waals surface area contributed by atoms with E-state index < -0.39 is 5.54 Å². The quantitative estimate of drug-likeness (QED) is 0.480. The number of hydrogen-bond acceptors (Lipinski definition) is 4. The third kappa shape index (κ3) is 4.49. The number of benzene rings is 1. The van der Waals surface area contributed by atoms with Gasteiger partial charge in [0, 0.05) is 37.4 Å². The van der Waals surface area contributed by atoms with E-state index in [2.05, 4.69) is 10.3 Å². The Balaban J connectivity index is 1.66. The maximum Gasteiger partial charge on any atom is 0.351 e. The Labute approximate surface area is 193 Å². The molecule has 1 saturated heterocycles. The van der Waals surface area contributed by atoms with Crippen LogP contribution in [0.2, 0.25) is 0 Å². The SMILES string of the molecule is CCN(CC)C(=O)c1ccc(-c2[nH]c(C(=O)NC3(CO)CCOCC3)[n+]3ccccc23)cc1. The van der Waals surface area contributed by atoms with Gasteiger partial charge in [-0.1, -0.05) is 6.07 Å². The highest BCUT2D eigenvalue weighted by Gasteiger charge is 2.37. The van der Waals surface area contributed by atoms with Crippen LogP contribution in [0.1, 0.15) is 47.7 Å². The number of aromatic nitrogens is 2. The number of aliphatic hydroxyl groups excluding tert-OH is 1. The molecule has 0 bridgehead atoms. The van der Waals surface area contributed by atoms with Gasteiger partial charge in [0.15, 0.2) is 11.2 Å². The van der Waals surface area contributed by atoms with Crippen LogP contribution in [0.4, 0.5) is 0 Å². The van der Waals surface area contributed by atoms with Crippen molar-refractivity contribution in [2.75, 3.05) is 32.9 Å². The number of H-pyrrole nitrogens is 1. The number of nitrogens with zero attached hydrogens (tertiary/aromatic N) is 2. The predicted molar refractivity (Wildman–Crippen MR) is 124 cm³/mol. The number of amides is 2. The number of ether oxygens (including phenoxy) is 1. The van der Waals surface area contributed by atoms with Crippen molar-refractivity contribution >= 4 is 17.3 Å². The van der Waals surface area contributed by atoms with Gasteiger partial charge < -0.3 is 20.1 Å². The van der Waals surface area contributed by atoms with Gasteiger partial charge in [0.05, 0.1) is 18.3 Å². The largest absolute Gasteiger partial charge is 0.394 e. The summed E-state index contributed by atoms with van der Waals surface area (Å²) in [5, 5.41) is 13.0. The Hall–Kier alpha value is -3.23. The summed E-state index contributed by atoms with van der Waals surface area (Å²) in [7, 11) is 0. The van der Waals surface area contributed by atoms with Crippen molar-refractivity contribution in [3.8, 4) is 11.3 Å². The first-order valence-electron chi connectivity index (χ1n) is 11.4. The normalized spacial score (nSPS) is 15.4. The van der Waals surface area contributed by atoms with E-state index in [1.165, 1.54) is 0 Å². The molecule has 1 aromatic carbocycles. The van der Waals surface area contributed by atoms with Crippen molar-refractivity contribution in [2.45, 2.75) is 32.2 Å². The minimum Gasteiger partial charge on any atom is -0.394 e. The summed E-state index contributed by atoms with van der Waals surface area (Å²) in [5.41, 5.74) is 2.45. The molecule has 4 rings (SSSR count). The number of carbonyl (C=O) groups is 2. The fraction of sp³-hybridized carbons (Fsp3) is 0.400. The van der Waals surface area contributed by atoms with Crippen LogP contribution in [0, 0.1) is 0 Å². The van der Waals surface area contributed by atoms with E-state index in [1.54, 1.807) is 4.90 Å². The second kappa shape index (κ2) is 9.72. The van der Waals surface area contributed by atoms with E-state index in [1.807, 2.05) is 66.9 Å². The summed E-state index contributed by atoms with van der Waals surface area (Å²) >= 11 is 0. The van der Waals surface area contributed by atoms with Crippen LogP contribution >= 0.6 is 0 Å². The fourth-order valence-corrected chi connectivity index (χ4v) is 4.33. The summed E-state index contributed by atoms with van der Waals surface area (Å²) in [6.45, 7) is 6.12. The van der Waals surface area contributed by atoms with Gasteiger partial charge in [-0.15, -0.1) is 0 Å². The maximum atomic E-state index is 13.3. The highest BCUT2D eigenvalue weighted by Crippen LogP contribution is 2.24. The summed E-state index contributed by atoms with van der Waals surface area (Å²) in [6, 6.07) is 13.1. The molecule has 174 valence electrons. The van der Waals surface area contributed by atoms with Crippen molar-refractivity contribution in [3.05, 3.63) is 60.0 Å². The average Bonchev–Trinajstić information content (AvgIpc) is 3.25. The summed E-state index contributed by atoms with van der Waals surface area (Å²) in [5.74, 6) is 0.0954. The summed E-state index contributed by atoms with van der Waals surface area (Å²) in [6.07, 6.45) is 2.96. The lowest BCUT2D eigenvalue weighted by molar-refractivity contribution is -0.514. The molecule has 2 amide bonds. The Morgan fingerprint density at radius 3 is 2.45 bits per heavy atom. The van der Waals surface area contributed by atoms with Crippen LogP contribution in [0.25, 0.3) is 16.8 Å². The molecule has 0 atom stereocenters. The number of aromatic amines is 1. The number of fused-ring (bicyclic) bond motifs is 1. The van der Waals surface area contributed by atoms with Crippen molar-refractivity contribution < 1.29 is 23.8 Å². The Bertz CT molecular complexity index is 1130.